The Balaban J connectivity index is 2.30. The summed E-state index contributed by atoms with van der Waals surface area (Å²) in [6.07, 6.45) is -0.534. The molecule has 0 spiro atoms. The number of hydrogen-bond donors (Lipinski definition) is 2. The number of anilines is 2. The fourth-order valence-corrected chi connectivity index (χ4v) is 2.48. The van der Waals surface area contributed by atoms with E-state index in [1.807, 2.05) is 0 Å². The van der Waals surface area contributed by atoms with Crippen molar-refractivity contribution in [2.24, 2.45) is 0 Å². The molecule has 1 atom stereocenters. The first-order valence-electron chi connectivity index (χ1n) is 5.85. The van der Waals surface area contributed by atoms with E-state index in [0.29, 0.717) is 27.7 Å². The van der Waals surface area contributed by atoms with E-state index in [1.165, 1.54) is 12.1 Å². The van der Waals surface area contributed by atoms with Gasteiger partial charge in [-0.05, 0) is 31.2 Å². The summed E-state index contributed by atoms with van der Waals surface area (Å²) < 4.78 is 19.2. The maximum atomic E-state index is 13.5. The zero-order valence-electron chi connectivity index (χ0n) is 10.7. The van der Waals surface area contributed by atoms with Crippen molar-refractivity contribution in [1.29, 1.82) is 0 Å². The van der Waals surface area contributed by atoms with Gasteiger partial charge in [0.15, 0.2) is 0 Å². The molecular formula is C14H13Cl2FN2O. The number of nitrogens with two attached hydrogens (primary N) is 2. The third-order valence-electron chi connectivity index (χ3n) is 2.86. The van der Waals surface area contributed by atoms with Crippen LogP contribution < -0.4 is 16.2 Å². The van der Waals surface area contributed by atoms with Crippen LogP contribution in [0.4, 0.5) is 15.8 Å². The van der Waals surface area contributed by atoms with Crippen LogP contribution in [0.5, 0.6) is 5.75 Å². The monoisotopic (exact) mass is 314 g/mol. The Hall–Kier alpha value is -1.65. The lowest BCUT2D eigenvalue weighted by Crippen LogP contribution is -2.06. The molecule has 0 heterocycles. The first-order chi connectivity index (χ1) is 9.40. The normalized spacial score (nSPS) is 12.2. The topological polar surface area (TPSA) is 61.3 Å². The van der Waals surface area contributed by atoms with Crippen LogP contribution in [0, 0.1) is 5.82 Å². The predicted molar refractivity (Wildman–Crippen MR) is 80.7 cm³/mol. The first kappa shape index (κ1) is 14.8. The summed E-state index contributed by atoms with van der Waals surface area (Å²) >= 11 is 12.0. The number of halogens is 3. The highest BCUT2D eigenvalue weighted by atomic mass is 35.5. The number of nitrogen functional groups attached to an aromatic ring is 2. The molecule has 2 rings (SSSR count). The first-order valence-corrected chi connectivity index (χ1v) is 6.60. The minimum absolute atomic E-state index is 0.0478. The molecule has 2 aromatic carbocycles. The molecule has 0 bridgehead atoms. The summed E-state index contributed by atoms with van der Waals surface area (Å²) in [6.45, 7) is 1.72. The van der Waals surface area contributed by atoms with Gasteiger partial charge < -0.3 is 16.2 Å². The summed E-state index contributed by atoms with van der Waals surface area (Å²) in [6, 6.07) is 7.54. The zero-order valence-corrected chi connectivity index (χ0v) is 12.2. The summed E-state index contributed by atoms with van der Waals surface area (Å²) in [5.41, 5.74) is 12.6. The van der Waals surface area contributed by atoms with Gasteiger partial charge >= 0.3 is 0 Å². The Kier molecular flexibility index (Phi) is 4.26. The van der Waals surface area contributed by atoms with Gasteiger partial charge in [0.05, 0.1) is 16.4 Å². The second-order valence-corrected chi connectivity index (χ2v) is 5.09. The molecular weight excluding hydrogens is 302 g/mol. The smallest absolute Gasteiger partial charge is 0.142 e. The van der Waals surface area contributed by atoms with Crippen LogP contribution >= 0.6 is 23.2 Å². The van der Waals surface area contributed by atoms with Gasteiger partial charge in [-0.15, -0.1) is 0 Å². The van der Waals surface area contributed by atoms with Crippen LogP contribution in [-0.2, 0) is 0 Å². The second kappa shape index (κ2) is 5.77. The van der Waals surface area contributed by atoms with E-state index in [-0.39, 0.29) is 5.02 Å². The minimum atomic E-state index is -0.543. The van der Waals surface area contributed by atoms with E-state index in [9.17, 15) is 4.39 Å². The molecule has 6 heteroatoms. The Morgan fingerprint density at radius 2 is 1.80 bits per heavy atom. The highest BCUT2D eigenvalue weighted by molar-refractivity contribution is 6.36. The van der Waals surface area contributed by atoms with Crippen LogP contribution in [0.3, 0.4) is 0 Å². The van der Waals surface area contributed by atoms with Crippen LogP contribution in [-0.4, -0.2) is 0 Å². The summed E-state index contributed by atoms with van der Waals surface area (Å²) in [4.78, 5) is 0. The summed E-state index contributed by atoms with van der Waals surface area (Å²) in [7, 11) is 0. The van der Waals surface area contributed by atoms with Crippen molar-refractivity contribution >= 4 is 34.6 Å². The van der Waals surface area contributed by atoms with Gasteiger partial charge in [0, 0.05) is 16.7 Å². The zero-order chi connectivity index (χ0) is 14.9. The molecule has 0 fully saturated rings. The van der Waals surface area contributed by atoms with Crippen molar-refractivity contribution in [3.63, 3.8) is 0 Å². The Morgan fingerprint density at radius 1 is 1.10 bits per heavy atom. The van der Waals surface area contributed by atoms with Gasteiger partial charge in [-0.1, -0.05) is 23.2 Å². The molecule has 0 saturated carbocycles. The molecule has 20 heavy (non-hydrogen) atoms. The molecule has 3 nitrogen and oxygen atoms in total. The standard InChI is InChI=1S/C14H13Cl2FN2O/c1-7(13-9(15)3-4-10(17)14(13)16)20-8-2-5-11(18)12(19)6-8/h2-7H,18-19H2,1H3. The number of benzene rings is 2. The maximum absolute atomic E-state index is 13.5. The van der Waals surface area contributed by atoms with Crippen molar-refractivity contribution in [2.45, 2.75) is 13.0 Å². The van der Waals surface area contributed by atoms with Crippen molar-refractivity contribution in [3.8, 4) is 5.75 Å². The third-order valence-corrected chi connectivity index (χ3v) is 3.57. The minimum Gasteiger partial charge on any atom is -0.486 e. The number of rotatable bonds is 3. The van der Waals surface area contributed by atoms with Crippen LogP contribution in [0.1, 0.15) is 18.6 Å². The van der Waals surface area contributed by atoms with E-state index in [4.69, 9.17) is 39.4 Å². The summed E-state index contributed by atoms with van der Waals surface area (Å²) in [5.74, 6) is -0.0427. The van der Waals surface area contributed by atoms with Crippen molar-refractivity contribution in [1.82, 2.24) is 0 Å². The SMILES string of the molecule is CC(Oc1ccc(N)c(N)c1)c1c(Cl)ccc(F)c1Cl. The van der Waals surface area contributed by atoms with E-state index in [0.717, 1.165) is 0 Å². The molecule has 0 amide bonds. The largest absolute Gasteiger partial charge is 0.486 e. The molecule has 0 radical (unpaired) electrons. The maximum Gasteiger partial charge on any atom is 0.142 e. The Morgan fingerprint density at radius 3 is 2.45 bits per heavy atom. The fraction of sp³-hybridized carbons (Fsp3) is 0.143. The fourth-order valence-electron chi connectivity index (χ4n) is 1.80. The highest BCUT2D eigenvalue weighted by Gasteiger charge is 2.18. The molecule has 4 N–H and O–H groups in total. The highest BCUT2D eigenvalue weighted by Crippen LogP contribution is 2.35. The van der Waals surface area contributed by atoms with Crippen LogP contribution in [0.2, 0.25) is 10.0 Å². The average Bonchev–Trinajstić information content (AvgIpc) is 2.39. The van der Waals surface area contributed by atoms with Crippen molar-refractivity contribution < 1.29 is 9.13 Å². The van der Waals surface area contributed by atoms with Crippen molar-refractivity contribution in [2.75, 3.05) is 11.5 Å². The van der Waals surface area contributed by atoms with E-state index in [1.54, 1.807) is 25.1 Å². The van der Waals surface area contributed by atoms with E-state index in [2.05, 4.69) is 0 Å². The number of hydrogen-bond acceptors (Lipinski definition) is 3. The van der Waals surface area contributed by atoms with Gasteiger partial charge in [0.1, 0.15) is 17.7 Å². The van der Waals surface area contributed by atoms with Crippen LogP contribution in [0.15, 0.2) is 30.3 Å². The van der Waals surface area contributed by atoms with Gasteiger partial charge in [-0.25, -0.2) is 4.39 Å². The second-order valence-electron chi connectivity index (χ2n) is 4.31. The van der Waals surface area contributed by atoms with Gasteiger partial charge in [-0.2, -0.15) is 0 Å². The Labute approximate surface area is 126 Å². The molecule has 0 aliphatic carbocycles. The van der Waals surface area contributed by atoms with E-state index < -0.39 is 11.9 Å². The van der Waals surface area contributed by atoms with Gasteiger partial charge in [0.25, 0.3) is 0 Å². The van der Waals surface area contributed by atoms with Crippen molar-refractivity contribution in [3.05, 3.63) is 51.8 Å². The van der Waals surface area contributed by atoms with Gasteiger partial charge in [0.2, 0.25) is 0 Å². The number of ether oxygens (including phenoxy) is 1. The lowest BCUT2D eigenvalue weighted by Gasteiger charge is -2.18. The lowest BCUT2D eigenvalue weighted by atomic mass is 10.1. The quantitative estimate of drug-likeness (QED) is 0.650. The predicted octanol–water partition coefficient (Wildman–Crippen LogP) is 4.44. The summed E-state index contributed by atoms with van der Waals surface area (Å²) in [5, 5.41) is 0.292. The van der Waals surface area contributed by atoms with Crippen LogP contribution in [0.25, 0.3) is 0 Å². The van der Waals surface area contributed by atoms with E-state index >= 15 is 0 Å². The molecule has 1 unspecified atom stereocenters. The molecule has 0 aliphatic heterocycles. The molecule has 0 saturated heterocycles. The Bertz CT molecular complexity index is 649. The molecule has 0 aromatic heterocycles. The molecule has 0 aliphatic rings. The molecule has 2 aromatic rings. The lowest BCUT2D eigenvalue weighted by molar-refractivity contribution is 0.227. The third kappa shape index (κ3) is 2.92. The average molecular weight is 315 g/mol. The van der Waals surface area contributed by atoms with Gasteiger partial charge in [-0.3, -0.25) is 0 Å². The molecule has 106 valence electrons.